The number of nitrogens with zero attached hydrogens (tertiary/aromatic N) is 1. The number of carbonyl (C=O) groups is 3. The zero-order valence-electron chi connectivity index (χ0n) is 13.8. The van der Waals surface area contributed by atoms with Gasteiger partial charge in [0, 0.05) is 13.0 Å². The van der Waals surface area contributed by atoms with E-state index in [0.717, 1.165) is 12.0 Å². The molecule has 7 nitrogen and oxygen atoms in total. The first-order valence-electron chi connectivity index (χ1n) is 7.64. The molecule has 1 amide bonds. The third-order valence-electron chi connectivity index (χ3n) is 3.95. The maximum Gasteiger partial charge on any atom is 0.407 e. The van der Waals surface area contributed by atoms with Gasteiger partial charge < -0.3 is 19.5 Å². The Labute approximate surface area is 146 Å². The van der Waals surface area contributed by atoms with Crippen LogP contribution in [-0.2, 0) is 9.47 Å². The number of hydrogen-bond donors (Lipinski definition) is 1. The Kier molecular flexibility index (Phi) is 6.19. The second kappa shape index (κ2) is 8.17. The van der Waals surface area contributed by atoms with Gasteiger partial charge in [-0.25, -0.2) is 22.8 Å². The van der Waals surface area contributed by atoms with Gasteiger partial charge in [-0.1, -0.05) is 0 Å². The van der Waals surface area contributed by atoms with Gasteiger partial charge in [0.15, 0.2) is 17.4 Å². The Morgan fingerprint density at radius 1 is 1.31 bits per heavy atom. The van der Waals surface area contributed by atoms with Crippen molar-refractivity contribution >= 4 is 17.8 Å². The van der Waals surface area contributed by atoms with Crippen LogP contribution in [0.5, 0.6) is 0 Å². The zero-order valence-corrected chi connectivity index (χ0v) is 13.8. The third kappa shape index (κ3) is 4.13. The van der Waals surface area contributed by atoms with Crippen LogP contribution in [0.1, 0.15) is 33.6 Å². The first-order chi connectivity index (χ1) is 12.3. The Hall–Kier alpha value is -2.62. The molecule has 1 unspecified atom stereocenters. The molecule has 0 spiro atoms. The fraction of sp³-hybridized carbons (Fsp3) is 0.438. The number of rotatable bonds is 5. The minimum atomic E-state index is -1.77. The number of ether oxygens (including phenoxy) is 2. The van der Waals surface area contributed by atoms with Gasteiger partial charge in [0.25, 0.3) is 0 Å². The number of carbonyl (C=O) groups excluding carboxylic acids is 2. The lowest BCUT2D eigenvalue weighted by molar-refractivity contribution is -0.0253. The number of hydrogen-bond acceptors (Lipinski definition) is 5. The summed E-state index contributed by atoms with van der Waals surface area (Å²) in [7, 11) is 0.918. The summed E-state index contributed by atoms with van der Waals surface area (Å²) in [5.74, 6) is -7.12. The molecule has 1 N–H and O–H groups in total. The number of methoxy groups -OCH3 is 1. The summed E-state index contributed by atoms with van der Waals surface area (Å²) >= 11 is 0. The van der Waals surface area contributed by atoms with Crippen molar-refractivity contribution < 1.29 is 42.1 Å². The van der Waals surface area contributed by atoms with E-state index in [1.807, 2.05) is 0 Å². The second-order valence-corrected chi connectivity index (χ2v) is 5.58. The van der Waals surface area contributed by atoms with Gasteiger partial charge in [-0.3, -0.25) is 4.79 Å². The highest BCUT2D eigenvalue weighted by atomic mass is 19.2. The molecule has 1 fully saturated rings. The summed E-state index contributed by atoms with van der Waals surface area (Å²) < 4.78 is 51.5. The molecule has 0 aromatic heterocycles. The molecule has 0 bridgehead atoms. The molecule has 1 heterocycles. The standard InChI is InChI=1S/C16H16F3NO6/c1-25-15(22)9-6-10(17)12(14(19)13(9)18)11(21)3-2-8-7-20(16(23)24)4-5-26-8/h6,8H,2-5,7H2,1H3,(H,23,24). The maximum atomic E-state index is 14.0. The van der Waals surface area contributed by atoms with Crippen molar-refractivity contribution in [2.24, 2.45) is 0 Å². The normalized spacial score (nSPS) is 17.1. The molecule has 1 aliphatic rings. The van der Waals surface area contributed by atoms with Gasteiger partial charge in [-0.05, 0) is 12.5 Å². The Morgan fingerprint density at radius 3 is 2.62 bits per heavy atom. The van der Waals surface area contributed by atoms with Crippen LogP contribution in [-0.4, -0.2) is 60.8 Å². The lowest BCUT2D eigenvalue weighted by atomic mass is 10.0. The predicted octanol–water partition coefficient (Wildman–Crippen LogP) is 2.23. The quantitative estimate of drug-likeness (QED) is 0.482. The zero-order chi connectivity index (χ0) is 19.4. The topological polar surface area (TPSA) is 93.1 Å². The summed E-state index contributed by atoms with van der Waals surface area (Å²) in [6.07, 6.45) is -2.14. The Bertz CT molecular complexity index is 739. The molecular weight excluding hydrogens is 359 g/mol. The summed E-state index contributed by atoms with van der Waals surface area (Å²) in [6, 6.07) is 0.404. The second-order valence-electron chi connectivity index (χ2n) is 5.58. The van der Waals surface area contributed by atoms with Crippen molar-refractivity contribution in [2.45, 2.75) is 18.9 Å². The molecule has 26 heavy (non-hydrogen) atoms. The van der Waals surface area contributed by atoms with Crippen LogP contribution in [0.25, 0.3) is 0 Å². The summed E-state index contributed by atoms with van der Waals surface area (Å²) in [5, 5.41) is 8.93. The first kappa shape index (κ1) is 19.7. The van der Waals surface area contributed by atoms with E-state index < -0.39 is 52.5 Å². The van der Waals surface area contributed by atoms with Crippen LogP contribution in [0.3, 0.4) is 0 Å². The van der Waals surface area contributed by atoms with Gasteiger partial charge >= 0.3 is 12.1 Å². The van der Waals surface area contributed by atoms with Crippen molar-refractivity contribution in [2.75, 3.05) is 26.8 Å². The van der Waals surface area contributed by atoms with Crippen LogP contribution < -0.4 is 0 Å². The van der Waals surface area contributed by atoms with Gasteiger partial charge in [-0.15, -0.1) is 0 Å². The van der Waals surface area contributed by atoms with E-state index in [9.17, 15) is 27.6 Å². The highest BCUT2D eigenvalue weighted by Crippen LogP contribution is 2.23. The third-order valence-corrected chi connectivity index (χ3v) is 3.95. The summed E-state index contributed by atoms with van der Waals surface area (Å²) in [6.45, 7) is 0.336. The molecular formula is C16H16F3NO6. The number of morpholine rings is 1. The van der Waals surface area contributed by atoms with E-state index in [4.69, 9.17) is 9.84 Å². The fourth-order valence-corrected chi connectivity index (χ4v) is 2.59. The molecule has 1 aromatic carbocycles. The fourth-order valence-electron chi connectivity index (χ4n) is 2.59. The van der Waals surface area contributed by atoms with Crippen molar-refractivity contribution in [3.8, 4) is 0 Å². The Morgan fingerprint density at radius 2 is 2.00 bits per heavy atom. The molecule has 0 saturated carbocycles. The van der Waals surface area contributed by atoms with E-state index in [-0.39, 0.29) is 32.5 Å². The van der Waals surface area contributed by atoms with Gasteiger partial charge in [0.2, 0.25) is 0 Å². The van der Waals surface area contributed by atoms with Gasteiger partial charge in [0.05, 0.1) is 31.9 Å². The van der Waals surface area contributed by atoms with Gasteiger partial charge in [0.1, 0.15) is 11.4 Å². The predicted molar refractivity (Wildman–Crippen MR) is 80.6 cm³/mol. The maximum absolute atomic E-state index is 14.0. The molecule has 142 valence electrons. The van der Waals surface area contributed by atoms with Crippen LogP contribution in [0.2, 0.25) is 0 Å². The van der Waals surface area contributed by atoms with Crippen molar-refractivity contribution in [1.29, 1.82) is 0 Å². The minimum absolute atomic E-state index is 0.00185. The number of amides is 1. The SMILES string of the molecule is COC(=O)c1cc(F)c(C(=O)CCC2CN(C(=O)O)CCO2)c(F)c1F. The number of esters is 1. The average molecular weight is 375 g/mol. The first-order valence-corrected chi connectivity index (χ1v) is 7.64. The number of Topliss-reactive ketones (excluding diaryl/α,β-unsaturated/α-hetero) is 1. The monoisotopic (exact) mass is 375 g/mol. The molecule has 1 saturated heterocycles. The molecule has 1 aromatic rings. The average Bonchev–Trinajstić information content (AvgIpc) is 2.62. The minimum Gasteiger partial charge on any atom is -0.465 e. The van der Waals surface area contributed by atoms with Crippen LogP contribution in [0, 0.1) is 17.5 Å². The van der Waals surface area contributed by atoms with E-state index in [1.54, 1.807) is 0 Å². The van der Waals surface area contributed by atoms with Crippen molar-refractivity contribution in [1.82, 2.24) is 4.90 Å². The van der Waals surface area contributed by atoms with E-state index in [1.165, 1.54) is 0 Å². The molecule has 10 heteroatoms. The van der Waals surface area contributed by atoms with E-state index in [2.05, 4.69) is 4.74 Å². The highest BCUT2D eigenvalue weighted by molar-refractivity contribution is 5.98. The lowest BCUT2D eigenvalue weighted by Crippen LogP contribution is -2.45. The smallest absolute Gasteiger partial charge is 0.407 e. The van der Waals surface area contributed by atoms with Crippen LogP contribution in [0.15, 0.2) is 6.07 Å². The summed E-state index contributed by atoms with van der Waals surface area (Å²) in [5.41, 5.74) is -2.05. The number of halogens is 3. The summed E-state index contributed by atoms with van der Waals surface area (Å²) in [4.78, 5) is 35.4. The molecule has 0 radical (unpaired) electrons. The number of carboxylic acid groups (broad SMARTS) is 1. The number of benzene rings is 1. The highest BCUT2D eigenvalue weighted by Gasteiger charge is 2.29. The molecule has 1 atom stereocenters. The van der Waals surface area contributed by atoms with Crippen molar-refractivity contribution in [3.05, 3.63) is 34.6 Å². The van der Waals surface area contributed by atoms with Crippen LogP contribution in [0.4, 0.5) is 18.0 Å². The van der Waals surface area contributed by atoms with E-state index in [0.29, 0.717) is 6.07 Å². The number of ketones is 1. The molecule has 1 aliphatic heterocycles. The lowest BCUT2D eigenvalue weighted by Gasteiger charge is -2.30. The molecule has 0 aliphatic carbocycles. The van der Waals surface area contributed by atoms with Crippen molar-refractivity contribution in [3.63, 3.8) is 0 Å². The van der Waals surface area contributed by atoms with E-state index >= 15 is 0 Å². The largest absolute Gasteiger partial charge is 0.465 e. The van der Waals surface area contributed by atoms with Gasteiger partial charge in [-0.2, -0.15) is 0 Å². The Balaban J connectivity index is 2.11. The molecule has 2 rings (SSSR count). The van der Waals surface area contributed by atoms with Crippen LogP contribution >= 0.6 is 0 Å².